The Morgan fingerprint density at radius 1 is 1.43 bits per heavy atom. The second-order valence-corrected chi connectivity index (χ2v) is 6.07. The number of carbonyl (C=O) groups is 1. The van der Waals surface area contributed by atoms with Crippen LogP contribution in [0.5, 0.6) is 0 Å². The molecule has 4 nitrogen and oxygen atoms in total. The van der Waals surface area contributed by atoms with Crippen LogP contribution in [0.2, 0.25) is 5.02 Å². The van der Waals surface area contributed by atoms with E-state index in [-0.39, 0.29) is 0 Å². The molecule has 0 saturated heterocycles. The van der Waals surface area contributed by atoms with E-state index < -0.39 is 5.97 Å². The van der Waals surface area contributed by atoms with Crippen molar-refractivity contribution in [1.82, 2.24) is 9.88 Å². The van der Waals surface area contributed by atoms with Crippen LogP contribution in [-0.2, 0) is 13.0 Å². The van der Waals surface area contributed by atoms with Gasteiger partial charge in [-0.15, -0.1) is 0 Å². The van der Waals surface area contributed by atoms with Gasteiger partial charge in [-0.25, -0.2) is 4.79 Å². The predicted octanol–water partition coefficient (Wildman–Crippen LogP) is 3.35. The van der Waals surface area contributed by atoms with E-state index >= 15 is 0 Å². The molecule has 1 aliphatic heterocycles. The number of carboxylic acid groups (broad SMARTS) is 1. The molecule has 1 aromatic carbocycles. The fraction of sp³-hybridized carbons (Fsp3) is 0.375. The SMILES string of the molecule is CC(C)N1CCc2nc3cccc(Cl)c3c(C(=O)O)c2C1. The minimum Gasteiger partial charge on any atom is -0.478 e. The number of pyridine rings is 1. The fourth-order valence-electron chi connectivity index (χ4n) is 2.95. The molecule has 1 N–H and O–H groups in total. The summed E-state index contributed by atoms with van der Waals surface area (Å²) in [4.78, 5) is 18.7. The summed E-state index contributed by atoms with van der Waals surface area (Å²) in [5, 5.41) is 10.7. The molecule has 2 heterocycles. The van der Waals surface area contributed by atoms with E-state index in [4.69, 9.17) is 11.6 Å². The average molecular weight is 305 g/mol. The lowest BCUT2D eigenvalue weighted by Crippen LogP contribution is -2.37. The molecule has 0 unspecified atom stereocenters. The van der Waals surface area contributed by atoms with Crippen molar-refractivity contribution in [2.24, 2.45) is 0 Å². The number of aromatic nitrogens is 1. The van der Waals surface area contributed by atoms with Gasteiger partial charge in [0.15, 0.2) is 0 Å². The van der Waals surface area contributed by atoms with Crippen LogP contribution in [0.15, 0.2) is 18.2 Å². The molecule has 0 fully saturated rings. The summed E-state index contributed by atoms with van der Waals surface area (Å²) in [5.74, 6) is -0.933. The van der Waals surface area contributed by atoms with E-state index in [2.05, 4.69) is 23.7 Å². The number of hydrogen-bond acceptors (Lipinski definition) is 3. The molecule has 21 heavy (non-hydrogen) atoms. The van der Waals surface area contributed by atoms with E-state index in [1.807, 2.05) is 6.07 Å². The summed E-state index contributed by atoms with van der Waals surface area (Å²) in [6, 6.07) is 5.72. The third-order valence-corrected chi connectivity index (χ3v) is 4.40. The molecule has 110 valence electrons. The number of benzene rings is 1. The van der Waals surface area contributed by atoms with Gasteiger partial charge in [0, 0.05) is 42.2 Å². The normalized spacial score (nSPS) is 15.4. The molecule has 1 aromatic heterocycles. The molecule has 1 aliphatic rings. The maximum Gasteiger partial charge on any atom is 0.336 e. The number of carboxylic acids is 1. The van der Waals surface area contributed by atoms with Crippen LogP contribution in [0.1, 0.15) is 35.5 Å². The first-order valence-corrected chi connectivity index (χ1v) is 7.44. The Morgan fingerprint density at radius 2 is 2.19 bits per heavy atom. The molecule has 0 radical (unpaired) electrons. The monoisotopic (exact) mass is 304 g/mol. The summed E-state index contributed by atoms with van der Waals surface area (Å²) in [6.07, 6.45) is 0.774. The van der Waals surface area contributed by atoms with Crippen molar-refractivity contribution in [3.05, 3.63) is 40.0 Å². The van der Waals surface area contributed by atoms with Crippen LogP contribution in [0.25, 0.3) is 10.9 Å². The largest absolute Gasteiger partial charge is 0.478 e. The number of rotatable bonds is 2. The van der Waals surface area contributed by atoms with Crippen LogP contribution in [-0.4, -0.2) is 33.5 Å². The average Bonchev–Trinajstić information content (AvgIpc) is 2.44. The van der Waals surface area contributed by atoms with Gasteiger partial charge in [-0.05, 0) is 26.0 Å². The molecule has 0 amide bonds. The van der Waals surface area contributed by atoms with Crippen LogP contribution in [0, 0.1) is 0 Å². The summed E-state index contributed by atoms with van der Waals surface area (Å²) >= 11 is 6.23. The fourth-order valence-corrected chi connectivity index (χ4v) is 3.21. The number of nitrogens with zero attached hydrogens (tertiary/aromatic N) is 2. The van der Waals surface area contributed by atoms with Gasteiger partial charge < -0.3 is 5.11 Å². The molecule has 5 heteroatoms. The van der Waals surface area contributed by atoms with E-state index in [0.717, 1.165) is 24.2 Å². The number of aromatic carboxylic acids is 1. The number of hydrogen-bond donors (Lipinski definition) is 1. The Kier molecular flexibility index (Phi) is 3.59. The first kappa shape index (κ1) is 14.3. The standard InChI is InChI=1S/C16H17ClN2O2/c1-9(2)19-7-6-12-10(8-19)14(16(20)21)15-11(17)4-3-5-13(15)18-12/h3-5,9H,6-8H2,1-2H3,(H,20,21). The molecular weight excluding hydrogens is 288 g/mol. The first-order valence-electron chi connectivity index (χ1n) is 7.06. The predicted molar refractivity (Wildman–Crippen MR) is 83.0 cm³/mol. The molecule has 0 saturated carbocycles. The minimum absolute atomic E-state index is 0.311. The van der Waals surface area contributed by atoms with Crippen molar-refractivity contribution < 1.29 is 9.90 Å². The zero-order chi connectivity index (χ0) is 15.1. The summed E-state index contributed by atoms with van der Waals surface area (Å²) in [6.45, 7) is 5.76. The van der Waals surface area contributed by atoms with Gasteiger partial charge in [0.25, 0.3) is 0 Å². The zero-order valence-electron chi connectivity index (χ0n) is 12.1. The van der Waals surface area contributed by atoms with Gasteiger partial charge >= 0.3 is 5.97 Å². The first-order chi connectivity index (χ1) is 9.99. The van der Waals surface area contributed by atoms with Crippen LogP contribution < -0.4 is 0 Å². The molecule has 0 atom stereocenters. The minimum atomic E-state index is -0.933. The molecule has 2 aromatic rings. The van der Waals surface area contributed by atoms with Gasteiger partial charge in [0.2, 0.25) is 0 Å². The number of halogens is 1. The molecule has 0 aliphatic carbocycles. The van der Waals surface area contributed by atoms with Crippen molar-refractivity contribution >= 4 is 28.5 Å². The summed E-state index contributed by atoms with van der Waals surface area (Å²) in [5.41, 5.74) is 2.67. The topological polar surface area (TPSA) is 53.4 Å². The third-order valence-electron chi connectivity index (χ3n) is 4.09. The number of fused-ring (bicyclic) bond motifs is 2. The van der Waals surface area contributed by atoms with E-state index in [0.29, 0.717) is 34.1 Å². The Bertz CT molecular complexity index is 728. The maximum atomic E-state index is 11.8. The smallest absolute Gasteiger partial charge is 0.336 e. The van der Waals surface area contributed by atoms with Crippen molar-refractivity contribution in [3.63, 3.8) is 0 Å². The highest BCUT2D eigenvalue weighted by Gasteiger charge is 2.27. The summed E-state index contributed by atoms with van der Waals surface area (Å²) < 4.78 is 0. The highest BCUT2D eigenvalue weighted by Crippen LogP contribution is 2.32. The van der Waals surface area contributed by atoms with Gasteiger partial charge in [-0.3, -0.25) is 9.88 Å². The Balaban J connectivity index is 2.29. The van der Waals surface area contributed by atoms with Gasteiger partial charge in [-0.1, -0.05) is 17.7 Å². The second-order valence-electron chi connectivity index (χ2n) is 5.67. The van der Waals surface area contributed by atoms with E-state index in [1.165, 1.54) is 0 Å². The van der Waals surface area contributed by atoms with Crippen LogP contribution in [0.4, 0.5) is 0 Å². The Hall–Kier alpha value is -1.65. The summed E-state index contributed by atoms with van der Waals surface area (Å²) in [7, 11) is 0. The quantitative estimate of drug-likeness (QED) is 0.924. The van der Waals surface area contributed by atoms with Crippen molar-refractivity contribution in [1.29, 1.82) is 0 Å². The molecule has 0 spiro atoms. The lowest BCUT2D eigenvalue weighted by molar-refractivity contribution is 0.0694. The van der Waals surface area contributed by atoms with Crippen LogP contribution >= 0.6 is 11.6 Å². The van der Waals surface area contributed by atoms with Gasteiger partial charge in [-0.2, -0.15) is 0 Å². The Morgan fingerprint density at radius 3 is 2.86 bits per heavy atom. The van der Waals surface area contributed by atoms with Crippen LogP contribution in [0.3, 0.4) is 0 Å². The second kappa shape index (κ2) is 5.28. The lowest BCUT2D eigenvalue weighted by atomic mass is 9.95. The maximum absolute atomic E-state index is 11.8. The molecular formula is C16H17ClN2O2. The van der Waals surface area contributed by atoms with Gasteiger partial charge in [0.05, 0.1) is 16.1 Å². The molecule has 3 rings (SSSR count). The van der Waals surface area contributed by atoms with Gasteiger partial charge in [0.1, 0.15) is 0 Å². The van der Waals surface area contributed by atoms with Crippen molar-refractivity contribution in [3.8, 4) is 0 Å². The highest BCUT2D eigenvalue weighted by atomic mass is 35.5. The van der Waals surface area contributed by atoms with Crippen molar-refractivity contribution in [2.45, 2.75) is 32.9 Å². The molecule has 0 bridgehead atoms. The lowest BCUT2D eigenvalue weighted by Gasteiger charge is -2.32. The zero-order valence-corrected chi connectivity index (χ0v) is 12.8. The third kappa shape index (κ3) is 2.39. The van der Waals surface area contributed by atoms with E-state index in [1.54, 1.807) is 12.1 Å². The van der Waals surface area contributed by atoms with E-state index in [9.17, 15) is 9.90 Å². The Labute approximate surface area is 128 Å². The van der Waals surface area contributed by atoms with Crippen molar-refractivity contribution in [2.75, 3.05) is 6.54 Å². The highest BCUT2D eigenvalue weighted by molar-refractivity contribution is 6.36.